The molecule has 1 N–H and O–H groups in total. The maximum absolute atomic E-state index is 13.1. The van der Waals surface area contributed by atoms with Gasteiger partial charge in [-0.25, -0.2) is 0 Å². The summed E-state index contributed by atoms with van der Waals surface area (Å²) < 4.78 is 0. The minimum absolute atomic E-state index is 0.00948. The van der Waals surface area contributed by atoms with Crippen LogP contribution in [0.4, 0.5) is 5.69 Å². The number of thiophene rings is 1. The Balaban J connectivity index is 1.30. The summed E-state index contributed by atoms with van der Waals surface area (Å²) >= 11 is 1.71. The van der Waals surface area contributed by atoms with Crippen LogP contribution >= 0.6 is 11.3 Å². The van der Waals surface area contributed by atoms with Crippen molar-refractivity contribution in [3.63, 3.8) is 0 Å². The van der Waals surface area contributed by atoms with Gasteiger partial charge < -0.3 is 10.2 Å². The van der Waals surface area contributed by atoms with Crippen LogP contribution in [-0.4, -0.2) is 54.3 Å². The van der Waals surface area contributed by atoms with Gasteiger partial charge in [0.15, 0.2) is 0 Å². The van der Waals surface area contributed by atoms with E-state index in [0.29, 0.717) is 19.6 Å². The molecule has 1 aromatic heterocycles. The lowest BCUT2D eigenvalue weighted by atomic mass is 10.00. The van der Waals surface area contributed by atoms with Gasteiger partial charge in [0, 0.05) is 36.7 Å². The number of carbonyl (C=O) groups excluding carboxylic acids is 2. The van der Waals surface area contributed by atoms with E-state index in [1.54, 1.807) is 11.3 Å². The smallest absolute Gasteiger partial charge is 0.264 e. The molecule has 0 bridgehead atoms. The van der Waals surface area contributed by atoms with E-state index in [-0.39, 0.29) is 11.8 Å². The predicted molar refractivity (Wildman–Crippen MR) is 127 cm³/mol. The molecule has 1 saturated heterocycles. The summed E-state index contributed by atoms with van der Waals surface area (Å²) in [6.45, 7) is 7.21. The topological polar surface area (TPSA) is 52.7 Å². The van der Waals surface area contributed by atoms with Gasteiger partial charge in [-0.15, -0.1) is 11.3 Å². The highest BCUT2D eigenvalue weighted by Crippen LogP contribution is 2.29. The minimum atomic E-state index is 0.00948. The van der Waals surface area contributed by atoms with Crippen molar-refractivity contribution in [1.82, 2.24) is 9.80 Å². The average molecular weight is 440 g/mol. The van der Waals surface area contributed by atoms with Gasteiger partial charge in [0.2, 0.25) is 5.91 Å². The fraction of sp³-hybridized carbons (Fsp3) is 0.520. The number of aryl methyl sites for hydroxylation is 4. The summed E-state index contributed by atoms with van der Waals surface area (Å²) in [5.41, 5.74) is 4.46. The molecule has 31 heavy (non-hydrogen) atoms. The van der Waals surface area contributed by atoms with Gasteiger partial charge in [-0.05, 0) is 62.3 Å². The molecule has 1 aliphatic heterocycles. The normalized spacial score (nSPS) is 17.5. The number of piperazine rings is 1. The zero-order valence-electron chi connectivity index (χ0n) is 18.7. The van der Waals surface area contributed by atoms with E-state index in [1.807, 2.05) is 36.9 Å². The molecular formula is C25H33N3O2S. The van der Waals surface area contributed by atoms with Crippen molar-refractivity contribution in [2.24, 2.45) is 0 Å². The standard InChI is InChI=1S/C25H33N3O2S/c1-18-8-7-9-19(2)24(18)26-23(29)17-27-12-14-28(15-13-27)25(30)22-16-20-10-5-3-4-6-11-21(20)31-22/h7-9,16H,3-6,10-15,17H2,1-2H3,(H,26,29). The molecule has 2 aromatic rings. The number of para-hydroxylation sites is 1. The van der Waals surface area contributed by atoms with Crippen LogP contribution in [0, 0.1) is 13.8 Å². The SMILES string of the molecule is Cc1cccc(C)c1NC(=O)CN1CCN(C(=O)c2cc3c(s2)CCCCCC3)CC1. The fourth-order valence-corrected chi connectivity index (χ4v) is 5.83. The van der Waals surface area contributed by atoms with Crippen molar-refractivity contribution in [2.45, 2.75) is 52.4 Å². The molecule has 4 rings (SSSR count). The molecule has 0 atom stereocenters. The first-order valence-corrected chi connectivity index (χ1v) is 12.3. The second kappa shape index (κ2) is 9.96. The van der Waals surface area contributed by atoms with Crippen LogP contribution in [0.2, 0.25) is 0 Å². The first-order chi connectivity index (χ1) is 15.0. The number of carbonyl (C=O) groups is 2. The highest BCUT2D eigenvalue weighted by atomic mass is 32.1. The number of rotatable bonds is 4. The van der Waals surface area contributed by atoms with Gasteiger partial charge in [0.05, 0.1) is 11.4 Å². The van der Waals surface area contributed by atoms with Crippen molar-refractivity contribution in [3.8, 4) is 0 Å². The van der Waals surface area contributed by atoms with Gasteiger partial charge in [0.25, 0.3) is 5.91 Å². The number of hydrogen-bond acceptors (Lipinski definition) is 4. The molecule has 0 spiro atoms. The third-order valence-corrected chi connectivity index (χ3v) is 7.70. The van der Waals surface area contributed by atoms with Crippen LogP contribution < -0.4 is 5.32 Å². The molecule has 2 amide bonds. The van der Waals surface area contributed by atoms with Crippen molar-refractivity contribution >= 4 is 28.8 Å². The van der Waals surface area contributed by atoms with Crippen molar-refractivity contribution in [2.75, 3.05) is 38.0 Å². The van der Waals surface area contributed by atoms with E-state index in [4.69, 9.17) is 0 Å². The van der Waals surface area contributed by atoms with E-state index in [2.05, 4.69) is 16.3 Å². The van der Waals surface area contributed by atoms with Crippen LogP contribution in [0.1, 0.15) is 56.9 Å². The summed E-state index contributed by atoms with van der Waals surface area (Å²) in [6, 6.07) is 8.18. The molecule has 1 aromatic carbocycles. The summed E-state index contributed by atoms with van der Waals surface area (Å²) in [5, 5.41) is 3.06. The van der Waals surface area contributed by atoms with E-state index in [9.17, 15) is 9.59 Å². The molecule has 1 fully saturated rings. The fourth-order valence-electron chi connectivity index (χ4n) is 4.61. The first-order valence-electron chi connectivity index (χ1n) is 11.5. The number of fused-ring (bicyclic) bond motifs is 1. The monoisotopic (exact) mass is 439 g/mol. The lowest BCUT2D eigenvalue weighted by molar-refractivity contribution is -0.117. The van der Waals surface area contributed by atoms with Gasteiger partial charge in [-0.3, -0.25) is 14.5 Å². The minimum Gasteiger partial charge on any atom is -0.335 e. The van der Waals surface area contributed by atoms with Crippen LogP contribution in [0.25, 0.3) is 0 Å². The van der Waals surface area contributed by atoms with Gasteiger partial charge in [-0.1, -0.05) is 31.0 Å². The highest BCUT2D eigenvalue weighted by molar-refractivity contribution is 7.14. The molecule has 2 heterocycles. The number of nitrogens with zero attached hydrogens (tertiary/aromatic N) is 2. The Labute approximate surface area is 189 Å². The number of nitrogens with one attached hydrogen (secondary N) is 1. The predicted octanol–water partition coefficient (Wildman–Crippen LogP) is 4.42. The zero-order chi connectivity index (χ0) is 21.8. The highest BCUT2D eigenvalue weighted by Gasteiger charge is 2.25. The Kier molecular flexibility index (Phi) is 7.08. The molecule has 2 aliphatic rings. The maximum Gasteiger partial charge on any atom is 0.264 e. The molecule has 5 nitrogen and oxygen atoms in total. The number of benzene rings is 1. The Bertz CT molecular complexity index is 898. The molecule has 0 saturated carbocycles. The molecular weight excluding hydrogens is 406 g/mol. The van der Waals surface area contributed by atoms with Crippen LogP contribution in [-0.2, 0) is 17.6 Å². The van der Waals surface area contributed by atoms with E-state index < -0.39 is 0 Å². The average Bonchev–Trinajstić information content (AvgIpc) is 3.13. The van der Waals surface area contributed by atoms with E-state index >= 15 is 0 Å². The quantitative estimate of drug-likeness (QED) is 0.767. The summed E-state index contributed by atoms with van der Waals surface area (Å²) in [4.78, 5) is 32.0. The van der Waals surface area contributed by atoms with E-state index in [1.165, 1.54) is 36.1 Å². The van der Waals surface area contributed by atoms with Crippen LogP contribution in [0.5, 0.6) is 0 Å². The van der Waals surface area contributed by atoms with Gasteiger partial charge in [0.1, 0.15) is 0 Å². The third-order valence-electron chi connectivity index (χ3n) is 6.48. The van der Waals surface area contributed by atoms with Gasteiger partial charge in [-0.2, -0.15) is 0 Å². The Morgan fingerprint density at radius 1 is 0.968 bits per heavy atom. The van der Waals surface area contributed by atoms with Crippen molar-refractivity contribution in [1.29, 1.82) is 0 Å². The number of anilines is 1. The number of hydrogen-bond donors (Lipinski definition) is 1. The molecule has 0 unspecified atom stereocenters. The van der Waals surface area contributed by atoms with Crippen molar-refractivity contribution in [3.05, 3.63) is 50.7 Å². The maximum atomic E-state index is 13.1. The lowest BCUT2D eigenvalue weighted by Crippen LogP contribution is -2.50. The van der Waals surface area contributed by atoms with Crippen LogP contribution in [0.3, 0.4) is 0 Å². The van der Waals surface area contributed by atoms with Crippen LogP contribution in [0.15, 0.2) is 24.3 Å². The summed E-state index contributed by atoms with van der Waals surface area (Å²) in [5.74, 6) is 0.173. The van der Waals surface area contributed by atoms with Crippen molar-refractivity contribution < 1.29 is 9.59 Å². The van der Waals surface area contributed by atoms with E-state index in [0.717, 1.165) is 47.6 Å². The Morgan fingerprint density at radius 2 is 1.65 bits per heavy atom. The largest absolute Gasteiger partial charge is 0.335 e. The van der Waals surface area contributed by atoms with Gasteiger partial charge >= 0.3 is 0 Å². The summed E-state index contributed by atoms with van der Waals surface area (Å²) in [6.07, 6.45) is 7.32. The molecule has 166 valence electrons. The molecule has 0 radical (unpaired) electrons. The lowest BCUT2D eigenvalue weighted by Gasteiger charge is -2.34. The second-order valence-electron chi connectivity index (χ2n) is 8.86. The Hall–Kier alpha value is -2.18. The molecule has 6 heteroatoms. The third kappa shape index (κ3) is 5.36. The molecule has 1 aliphatic carbocycles. The second-order valence-corrected chi connectivity index (χ2v) is 9.99. The first kappa shape index (κ1) is 22.0. The summed E-state index contributed by atoms with van der Waals surface area (Å²) in [7, 11) is 0. The zero-order valence-corrected chi connectivity index (χ0v) is 19.5. The number of amides is 2. The Morgan fingerprint density at radius 3 is 2.35 bits per heavy atom.